The van der Waals surface area contributed by atoms with Crippen molar-refractivity contribution < 1.29 is 0 Å². The Morgan fingerprint density at radius 3 is 2.46 bits per heavy atom. The second-order valence-corrected chi connectivity index (χ2v) is 9.41. The van der Waals surface area contributed by atoms with Gasteiger partial charge in [0.1, 0.15) is 0 Å². The number of piperidine rings is 1. The zero-order valence-corrected chi connectivity index (χ0v) is 17.1. The molecule has 2 aromatic heterocycles. The summed E-state index contributed by atoms with van der Waals surface area (Å²) in [5, 5.41) is 0.700. The number of hydrogen-bond donors (Lipinski definition) is 0. The monoisotopic (exact) mass is 373 g/mol. The number of anilines is 1. The van der Waals surface area contributed by atoms with Gasteiger partial charge in [-0.15, -0.1) is 5.92 Å². The maximum absolute atomic E-state index is 13.1. The molecule has 1 aliphatic heterocycles. The van der Waals surface area contributed by atoms with Crippen LogP contribution in [0.1, 0.15) is 47.0 Å². The molecule has 1 aliphatic rings. The molecule has 0 aromatic carbocycles. The fourth-order valence-electron chi connectivity index (χ4n) is 3.14. The predicted octanol–water partition coefficient (Wildman–Crippen LogP) is 3.03. The van der Waals surface area contributed by atoms with Crippen molar-refractivity contribution in [2.45, 2.75) is 63.4 Å². The van der Waals surface area contributed by atoms with Crippen molar-refractivity contribution in [1.29, 1.82) is 0 Å². The molecule has 3 heterocycles. The third kappa shape index (κ3) is 3.75. The third-order valence-corrected chi connectivity index (χ3v) is 5.54. The second kappa shape index (κ2) is 7.36. The molecular weight excluding hydrogens is 346 g/mol. The van der Waals surface area contributed by atoms with E-state index in [1.54, 1.807) is 23.4 Å². The van der Waals surface area contributed by atoms with Crippen molar-refractivity contribution in [1.82, 2.24) is 19.1 Å². The molecule has 0 unspecified atom stereocenters. The van der Waals surface area contributed by atoms with Gasteiger partial charge in [-0.1, -0.05) is 38.5 Å². The van der Waals surface area contributed by atoms with Crippen LogP contribution in [0.2, 0.25) is 0 Å². The quantitative estimate of drug-likeness (QED) is 0.470. The highest BCUT2D eigenvalue weighted by Crippen LogP contribution is 2.31. The van der Waals surface area contributed by atoms with Gasteiger partial charge in [0, 0.05) is 24.9 Å². The van der Waals surface area contributed by atoms with Crippen LogP contribution < -0.4 is 10.5 Å². The molecule has 6 nitrogen and oxygen atoms in total. The number of nitrogens with zero attached hydrogens (tertiary/aromatic N) is 5. The van der Waals surface area contributed by atoms with Gasteiger partial charge in [0.25, 0.3) is 5.56 Å². The molecule has 0 radical (unpaired) electrons. The molecule has 0 bridgehead atoms. The molecule has 3 rings (SSSR count). The predicted molar refractivity (Wildman–Crippen MR) is 108 cm³/mol. The Kier molecular flexibility index (Phi) is 5.33. The molecule has 1 fully saturated rings. The molecule has 7 heteroatoms. The van der Waals surface area contributed by atoms with Crippen LogP contribution in [0.15, 0.2) is 9.95 Å². The van der Waals surface area contributed by atoms with Crippen LogP contribution in [0.4, 0.5) is 5.95 Å². The van der Waals surface area contributed by atoms with E-state index < -0.39 is 0 Å². The molecule has 140 valence electrons. The van der Waals surface area contributed by atoms with Crippen molar-refractivity contribution >= 4 is 28.9 Å². The van der Waals surface area contributed by atoms with Gasteiger partial charge in [0.2, 0.25) is 5.95 Å². The summed E-state index contributed by atoms with van der Waals surface area (Å²) in [6, 6.07) is 0. The summed E-state index contributed by atoms with van der Waals surface area (Å²) in [7, 11) is 1.78. The van der Waals surface area contributed by atoms with Gasteiger partial charge in [-0.05, 0) is 26.2 Å². The first-order valence-corrected chi connectivity index (χ1v) is 9.94. The Morgan fingerprint density at radius 2 is 1.85 bits per heavy atom. The van der Waals surface area contributed by atoms with Gasteiger partial charge in [-0.2, -0.15) is 4.98 Å². The first kappa shape index (κ1) is 18.8. The molecule has 0 N–H and O–H groups in total. The maximum Gasteiger partial charge on any atom is 0.280 e. The number of hydrogen-bond acceptors (Lipinski definition) is 5. The van der Waals surface area contributed by atoms with E-state index in [1.807, 2.05) is 11.5 Å². The lowest BCUT2D eigenvalue weighted by Crippen LogP contribution is -2.32. The van der Waals surface area contributed by atoms with Gasteiger partial charge in [-0.25, -0.2) is 4.98 Å². The van der Waals surface area contributed by atoms with Crippen LogP contribution in [-0.2, 0) is 13.6 Å². The fraction of sp³-hybridized carbons (Fsp3) is 0.632. The number of rotatable bonds is 3. The van der Waals surface area contributed by atoms with E-state index in [0.29, 0.717) is 22.9 Å². The van der Waals surface area contributed by atoms with E-state index in [9.17, 15) is 4.79 Å². The SMILES string of the molecule is CC#CCn1c(N2CCCCC2)nc2nc(SC(C)(C)C)n(C)c(=O)c21. The Balaban J connectivity index is 2.19. The van der Waals surface area contributed by atoms with E-state index >= 15 is 0 Å². The van der Waals surface area contributed by atoms with Crippen molar-refractivity contribution in [2.24, 2.45) is 7.05 Å². The average molecular weight is 374 g/mol. The van der Waals surface area contributed by atoms with Gasteiger partial charge in [0.05, 0.1) is 6.54 Å². The van der Waals surface area contributed by atoms with Crippen molar-refractivity contribution in [2.75, 3.05) is 18.0 Å². The van der Waals surface area contributed by atoms with E-state index in [2.05, 4.69) is 37.5 Å². The van der Waals surface area contributed by atoms with Crippen LogP contribution in [0, 0.1) is 11.8 Å². The first-order valence-electron chi connectivity index (χ1n) is 9.12. The summed E-state index contributed by atoms with van der Waals surface area (Å²) >= 11 is 1.59. The van der Waals surface area contributed by atoms with E-state index in [4.69, 9.17) is 9.97 Å². The van der Waals surface area contributed by atoms with E-state index in [-0.39, 0.29) is 10.3 Å². The Labute approximate surface area is 159 Å². The average Bonchev–Trinajstić information content (AvgIpc) is 2.95. The van der Waals surface area contributed by atoms with E-state index in [1.165, 1.54) is 6.42 Å². The zero-order chi connectivity index (χ0) is 18.9. The number of aromatic nitrogens is 4. The van der Waals surface area contributed by atoms with Crippen molar-refractivity contribution in [3.63, 3.8) is 0 Å². The lowest BCUT2D eigenvalue weighted by Gasteiger charge is -2.27. The number of fused-ring (bicyclic) bond motifs is 1. The van der Waals surface area contributed by atoms with Crippen LogP contribution in [-0.4, -0.2) is 36.9 Å². The minimum Gasteiger partial charge on any atom is -0.342 e. The summed E-state index contributed by atoms with van der Waals surface area (Å²) in [6.07, 6.45) is 3.55. The second-order valence-electron chi connectivity index (χ2n) is 7.62. The summed E-state index contributed by atoms with van der Waals surface area (Å²) in [6.45, 7) is 10.5. The highest BCUT2D eigenvalue weighted by Gasteiger charge is 2.24. The largest absolute Gasteiger partial charge is 0.342 e. The summed E-state index contributed by atoms with van der Waals surface area (Å²) in [4.78, 5) is 24.8. The molecule has 0 aliphatic carbocycles. The summed E-state index contributed by atoms with van der Waals surface area (Å²) in [5.41, 5.74) is 1.02. The fourth-order valence-corrected chi connectivity index (χ4v) is 4.04. The molecule has 0 amide bonds. The lowest BCUT2D eigenvalue weighted by atomic mass is 10.1. The Bertz CT molecular complexity index is 920. The molecule has 0 saturated carbocycles. The minimum absolute atomic E-state index is 0.0309. The maximum atomic E-state index is 13.1. The van der Waals surface area contributed by atoms with Crippen LogP contribution in [0.3, 0.4) is 0 Å². The molecule has 1 saturated heterocycles. The van der Waals surface area contributed by atoms with Gasteiger partial charge in [0.15, 0.2) is 16.3 Å². The molecule has 0 spiro atoms. The van der Waals surface area contributed by atoms with Crippen LogP contribution >= 0.6 is 11.8 Å². The van der Waals surface area contributed by atoms with Gasteiger partial charge < -0.3 is 4.90 Å². The minimum atomic E-state index is -0.0598. The Morgan fingerprint density at radius 1 is 1.15 bits per heavy atom. The number of imidazole rings is 1. The Hall–Kier alpha value is -1.94. The third-order valence-electron chi connectivity index (χ3n) is 4.38. The standard InChI is InChI=1S/C19H27N5OS/c1-6-7-13-24-14-15(20-17(24)23-11-9-8-10-12-23)21-18(22(5)16(14)25)26-19(2,3)4/h8-13H2,1-5H3. The topological polar surface area (TPSA) is 56.0 Å². The molecule has 2 aromatic rings. The van der Waals surface area contributed by atoms with Gasteiger partial charge >= 0.3 is 0 Å². The first-order chi connectivity index (χ1) is 12.3. The van der Waals surface area contributed by atoms with Crippen LogP contribution in [0.25, 0.3) is 11.2 Å². The number of thioether (sulfide) groups is 1. The highest BCUT2D eigenvalue weighted by atomic mass is 32.2. The van der Waals surface area contributed by atoms with Gasteiger partial charge in [-0.3, -0.25) is 13.9 Å². The zero-order valence-electron chi connectivity index (χ0n) is 16.3. The summed E-state index contributed by atoms with van der Waals surface area (Å²) in [5.74, 6) is 6.84. The van der Waals surface area contributed by atoms with Crippen molar-refractivity contribution in [3.05, 3.63) is 10.4 Å². The van der Waals surface area contributed by atoms with Crippen LogP contribution in [0.5, 0.6) is 0 Å². The molecular formula is C19H27N5OS. The molecule has 26 heavy (non-hydrogen) atoms. The normalized spacial score (nSPS) is 15.2. The smallest absolute Gasteiger partial charge is 0.280 e. The lowest BCUT2D eigenvalue weighted by molar-refractivity contribution is 0.561. The molecule has 0 atom stereocenters. The van der Waals surface area contributed by atoms with E-state index in [0.717, 1.165) is 31.9 Å². The van der Waals surface area contributed by atoms with Crippen molar-refractivity contribution in [3.8, 4) is 11.8 Å². The highest BCUT2D eigenvalue weighted by molar-refractivity contribution is 8.00. The summed E-state index contributed by atoms with van der Waals surface area (Å²) < 4.78 is 3.55.